The van der Waals surface area contributed by atoms with E-state index in [1.54, 1.807) is 6.07 Å². The van der Waals surface area contributed by atoms with Gasteiger partial charge in [0.05, 0.1) is 6.26 Å². The van der Waals surface area contributed by atoms with E-state index in [0.717, 1.165) is 0 Å². The summed E-state index contributed by atoms with van der Waals surface area (Å²) in [6.45, 7) is 0.278. The number of furan rings is 1. The van der Waals surface area contributed by atoms with Crippen LogP contribution in [0.1, 0.15) is 29.8 Å². The Kier molecular flexibility index (Phi) is 6.54. The Hall–Kier alpha value is -2.75. The van der Waals surface area contributed by atoms with Crippen LogP contribution in [0, 0.1) is 12.3 Å². The van der Waals surface area contributed by atoms with Crippen molar-refractivity contribution in [2.75, 3.05) is 6.54 Å². The molecule has 1 aromatic rings. The second-order valence-electron chi connectivity index (χ2n) is 4.20. The third-order valence-electron chi connectivity index (χ3n) is 2.57. The van der Waals surface area contributed by atoms with Gasteiger partial charge in [-0.25, -0.2) is 4.79 Å². The highest BCUT2D eigenvalue weighted by atomic mass is 16.4. The van der Waals surface area contributed by atoms with Gasteiger partial charge in [-0.3, -0.25) is 9.59 Å². The number of carbonyl (C=O) groups excluding carboxylic acids is 2. The fraction of sp³-hybridized carbons (Fsp3) is 0.357. The number of aliphatic carboxylic acids is 1. The summed E-state index contributed by atoms with van der Waals surface area (Å²) in [5.74, 6) is 0.419. The van der Waals surface area contributed by atoms with Crippen LogP contribution in [-0.4, -0.2) is 35.5 Å². The van der Waals surface area contributed by atoms with Gasteiger partial charge in [0.1, 0.15) is 6.04 Å². The predicted molar refractivity (Wildman–Crippen MR) is 73.3 cm³/mol. The monoisotopic (exact) mass is 292 g/mol. The SMILES string of the molecule is C#CCC(NC(=O)CCCNC(=O)c1ccco1)C(=O)O. The van der Waals surface area contributed by atoms with Gasteiger partial charge in [0.15, 0.2) is 5.76 Å². The average Bonchev–Trinajstić information content (AvgIpc) is 2.97. The van der Waals surface area contributed by atoms with Crippen LogP contribution in [0.2, 0.25) is 0 Å². The van der Waals surface area contributed by atoms with Gasteiger partial charge in [-0.2, -0.15) is 0 Å². The average molecular weight is 292 g/mol. The minimum Gasteiger partial charge on any atom is -0.480 e. The Bertz CT molecular complexity index is 530. The summed E-state index contributed by atoms with van der Waals surface area (Å²) in [7, 11) is 0. The Morgan fingerprint density at radius 1 is 1.43 bits per heavy atom. The van der Waals surface area contributed by atoms with Crippen molar-refractivity contribution in [3.8, 4) is 12.3 Å². The lowest BCUT2D eigenvalue weighted by Gasteiger charge is -2.11. The van der Waals surface area contributed by atoms with Crippen molar-refractivity contribution in [2.45, 2.75) is 25.3 Å². The van der Waals surface area contributed by atoms with E-state index in [1.807, 2.05) is 0 Å². The summed E-state index contributed by atoms with van der Waals surface area (Å²) in [5.41, 5.74) is 0. The first-order chi connectivity index (χ1) is 10.0. The Balaban J connectivity index is 2.23. The molecule has 1 atom stereocenters. The molecule has 1 aromatic heterocycles. The number of carbonyl (C=O) groups is 3. The smallest absolute Gasteiger partial charge is 0.327 e. The molecule has 1 heterocycles. The number of carboxylic acids is 1. The van der Waals surface area contributed by atoms with Crippen molar-refractivity contribution in [3.63, 3.8) is 0 Å². The van der Waals surface area contributed by atoms with Gasteiger partial charge < -0.3 is 20.2 Å². The number of terminal acetylenes is 1. The van der Waals surface area contributed by atoms with Crippen molar-refractivity contribution in [1.82, 2.24) is 10.6 Å². The predicted octanol–water partition coefficient (Wildman–Crippen LogP) is 0.382. The van der Waals surface area contributed by atoms with Crippen LogP contribution >= 0.6 is 0 Å². The molecule has 7 nitrogen and oxygen atoms in total. The number of carboxylic acid groups (broad SMARTS) is 1. The topological polar surface area (TPSA) is 109 Å². The van der Waals surface area contributed by atoms with Crippen molar-refractivity contribution < 1.29 is 23.9 Å². The van der Waals surface area contributed by atoms with Crippen LogP contribution in [0.15, 0.2) is 22.8 Å². The minimum absolute atomic E-state index is 0.0731. The molecule has 0 aliphatic heterocycles. The van der Waals surface area contributed by atoms with E-state index in [1.165, 1.54) is 12.3 Å². The number of rotatable bonds is 8. The quantitative estimate of drug-likeness (QED) is 0.474. The maximum atomic E-state index is 11.5. The molecule has 0 fully saturated rings. The third-order valence-corrected chi connectivity index (χ3v) is 2.57. The van der Waals surface area contributed by atoms with Crippen LogP contribution in [0.3, 0.4) is 0 Å². The molecule has 1 unspecified atom stereocenters. The van der Waals surface area contributed by atoms with E-state index in [2.05, 4.69) is 16.6 Å². The number of hydrogen-bond donors (Lipinski definition) is 3. The molecule has 0 saturated heterocycles. The number of amides is 2. The molecular formula is C14H16N2O5. The van der Waals surface area contributed by atoms with E-state index in [0.29, 0.717) is 6.42 Å². The maximum Gasteiger partial charge on any atom is 0.327 e. The molecule has 7 heteroatoms. The first-order valence-corrected chi connectivity index (χ1v) is 6.32. The van der Waals surface area contributed by atoms with Crippen molar-refractivity contribution in [2.24, 2.45) is 0 Å². The zero-order valence-corrected chi connectivity index (χ0v) is 11.3. The molecule has 112 valence electrons. The van der Waals surface area contributed by atoms with Gasteiger partial charge in [-0.1, -0.05) is 0 Å². The van der Waals surface area contributed by atoms with Gasteiger partial charge >= 0.3 is 5.97 Å². The van der Waals surface area contributed by atoms with Crippen LogP contribution in [-0.2, 0) is 9.59 Å². The van der Waals surface area contributed by atoms with Crippen molar-refractivity contribution in [3.05, 3.63) is 24.2 Å². The maximum absolute atomic E-state index is 11.5. The van der Waals surface area contributed by atoms with E-state index in [9.17, 15) is 14.4 Å². The number of nitrogens with one attached hydrogen (secondary N) is 2. The molecule has 0 bridgehead atoms. The Morgan fingerprint density at radius 2 is 2.19 bits per heavy atom. The van der Waals surface area contributed by atoms with Crippen LogP contribution in [0.25, 0.3) is 0 Å². The first kappa shape index (κ1) is 16.3. The molecule has 0 aromatic carbocycles. The lowest BCUT2D eigenvalue weighted by atomic mass is 10.2. The Morgan fingerprint density at radius 3 is 2.76 bits per heavy atom. The second-order valence-corrected chi connectivity index (χ2v) is 4.20. The van der Waals surface area contributed by atoms with E-state index in [4.69, 9.17) is 15.9 Å². The van der Waals surface area contributed by atoms with E-state index < -0.39 is 17.9 Å². The highest BCUT2D eigenvalue weighted by Gasteiger charge is 2.18. The first-order valence-electron chi connectivity index (χ1n) is 6.32. The summed E-state index contributed by atoms with van der Waals surface area (Å²) in [5, 5.41) is 13.7. The zero-order valence-electron chi connectivity index (χ0n) is 11.3. The van der Waals surface area contributed by atoms with Crippen molar-refractivity contribution >= 4 is 17.8 Å². The van der Waals surface area contributed by atoms with Gasteiger partial charge in [-0.15, -0.1) is 12.3 Å². The van der Waals surface area contributed by atoms with Crippen LogP contribution in [0.5, 0.6) is 0 Å². The Labute approximate surface area is 121 Å². The number of hydrogen-bond acceptors (Lipinski definition) is 4. The normalized spacial score (nSPS) is 11.2. The molecule has 0 saturated carbocycles. The summed E-state index contributed by atoms with van der Waals surface area (Å²) in [6.07, 6.45) is 6.80. The molecule has 0 aliphatic carbocycles. The lowest BCUT2D eigenvalue weighted by Crippen LogP contribution is -2.40. The van der Waals surface area contributed by atoms with Gasteiger partial charge in [-0.05, 0) is 18.6 Å². The molecule has 3 N–H and O–H groups in total. The summed E-state index contributed by atoms with van der Waals surface area (Å²) >= 11 is 0. The molecule has 0 radical (unpaired) electrons. The van der Waals surface area contributed by atoms with Gasteiger partial charge in [0.25, 0.3) is 5.91 Å². The van der Waals surface area contributed by atoms with Crippen molar-refractivity contribution in [1.29, 1.82) is 0 Å². The molecule has 2 amide bonds. The molecule has 21 heavy (non-hydrogen) atoms. The highest BCUT2D eigenvalue weighted by molar-refractivity contribution is 5.91. The highest BCUT2D eigenvalue weighted by Crippen LogP contribution is 1.99. The molecular weight excluding hydrogens is 276 g/mol. The van der Waals surface area contributed by atoms with Crippen LogP contribution < -0.4 is 10.6 Å². The fourth-order valence-electron chi connectivity index (χ4n) is 1.53. The van der Waals surface area contributed by atoms with E-state index >= 15 is 0 Å². The summed E-state index contributed by atoms with van der Waals surface area (Å²) < 4.78 is 4.90. The minimum atomic E-state index is -1.17. The van der Waals surface area contributed by atoms with Gasteiger partial charge in [0, 0.05) is 19.4 Å². The molecule has 1 rings (SSSR count). The summed E-state index contributed by atoms with van der Waals surface area (Å²) in [6, 6.07) is 2.04. The zero-order chi connectivity index (χ0) is 15.7. The third kappa shape index (κ3) is 5.82. The van der Waals surface area contributed by atoms with E-state index in [-0.39, 0.29) is 31.1 Å². The fourth-order valence-corrected chi connectivity index (χ4v) is 1.53. The van der Waals surface area contributed by atoms with Gasteiger partial charge in [0.2, 0.25) is 5.91 Å². The summed E-state index contributed by atoms with van der Waals surface area (Å²) in [4.78, 5) is 33.8. The second kappa shape index (κ2) is 8.43. The largest absolute Gasteiger partial charge is 0.480 e. The molecule has 0 aliphatic rings. The van der Waals surface area contributed by atoms with Crippen LogP contribution in [0.4, 0.5) is 0 Å². The molecule has 0 spiro atoms. The standard InChI is InChI=1S/C14H16N2O5/c1-2-5-10(14(19)20)16-12(17)7-3-8-15-13(18)11-6-4-9-21-11/h1,4,6,9-10H,3,5,7-8H2,(H,15,18)(H,16,17)(H,19,20). The lowest BCUT2D eigenvalue weighted by molar-refractivity contribution is -0.141.